The van der Waals surface area contributed by atoms with Crippen molar-refractivity contribution in [2.45, 2.75) is 30.4 Å². The molecule has 4 nitrogen and oxygen atoms in total. The van der Waals surface area contributed by atoms with Gasteiger partial charge in [-0.05, 0) is 42.5 Å². The summed E-state index contributed by atoms with van der Waals surface area (Å²) >= 11 is 4.69. The normalized spacial score (nSPS) is 18.4. The first-order chi connectivity index (χ1) is 11.5. The molecule has 24 heavy (non-hydrogen) atoms. The number of halogens is 2. The van der Waals surface area contributed by atoms with Crippen molar-refractivity contribution in [2.24, 2.45) is 0 Å². The van der Waals surface area contributed by atoms with Crippen LogP contribution in [0, 0.1) is 5.82 Å². The van der Waals surface area contributed by atoms with Gasteiger partial charge in [-0.2, -0.15) is 4.31 Å². The molecule has 0 N–H and O–H groups in total. The molecule has 0 bridgehead atoms. The third-order valence-corrected chi connectivity index (χ3v) is 7.04. The van der Waals surface area contributed by atoms with Gasteiger partial charge in [0.05, 0.1) is 6.10 Å². The first-order valence-corrected chi connectivity index (χ1v) is 10.7. The average molecular weight is 434 g/mol. The van der Waals surface area contributed by atoms with E-state index in [2.05, 4.69) is 15.9 Å². The van der Waals surface area contributed by atoms with E-state index < -0.39 is 15.8 Å². The highest BCUT2D eigenvalue weighted by molar-refractivity contribution is 9.10. The van der Waals surface area contributed by atoms with Gasteiger partial charge in [-0.1, -0.05) is 22.0 Å². The molecule has 1 unspecified atom stereocenters. The van der Waals surface area contributed by atoms with Crippen molar-refractivity contribution in [3.63, 3.8) is 0 Å². The van der Waals surface area contributed by atoms with Crippen LogP contribution in [0.3, 0.4) is 0 Å². The van der Waals surface area contributed by atoms with Crippen molar-refractivity contribution in [3.8, 4) is 0 Å². The maximum absolute atomic E-state index is 14.2. The van der Waals surface area contributed by atoms with Crippen LogP contribution in [0.4, 0.5) is 4.39 Å². The lowest BCUT2D eigenvalue weighted by Gasteiger charge is -2.24. The first kappa shape index (κ1) is 18.0. The number of thiophene rings is 1. The van der Waals surface area contributed by atoms with E-state index in [4.69, 9.17) is 4.74 Å². The van der Waals surface area contributed by atoms with E-state index in [9.17, 15) is 12.8 Å². The number of hydrogen-bond donors (Lipinski definition) is 0. The van der Waals surface area contributed by atoms with E-state index in [-0.39, 0.29) is 24.1 Å². The van der Waals surface area contributed by atoms with Crippen LogP contribution in [0.15, 0.2) is 45.1 Å². The molecule has 0 aliphatic carbocycles. The minimum atomic E-state index is -3.96. The van der Waals surface area contributed by atoms with Crippen molar-refractivity contribution in [3.05, 3.63) is 50.9 Å². The van der Waals surface area contributed by atoms with Gasteiger partial charge in [-0.15, -0.1) is 11.3 Å². The van der Waals surface area contributed by atoms with Crippen LogP contribution in [-0.4, -0.2) is 32.0 Å². The van der Waals surface area contributed by atoms with Gasteiger partial charge in [-0.3, -0.25) is 0 Å². The van der Waals surface area contributed by atoms with Crippen molar-refractivity contribution >= 4 is 37.3 Å². The average Bonchev–Trinajstić information content (AvgIpc) is 3.22. The quantitative estimate of drug-likeness (QED) is 0.690. The van der Waals surface area contributed by atoms with E-state index in [1.807, 2.05) is 17.5 Å². The van der Waals surface area contributed by atoms with Gasteiger partial charge >= 0.3 is 0 Å². The molecule has 2 heterocycles. The number of sulfonamides is 1. The number of ether oxygens (including phenoxy) is 1. The Bertz CT molecular complexity index is 790. The molecule has 2 aromatic rings. The summed E-state index contributed by atoms with van der Waals surface area (Å²) in [6.07, 6.45) is 1.59. The standard InChI is InChI=1S/C16H17BrFNO3S2/c17-12-5-6-15(18)16(9-12)24(20,21)19(10-13-3-1-7-22-13)11-14-4-2-8-23-14/h2,4-6,8-9,13H,1,3,7,10-11H2. The largest absolute Gasteiger partial charge is 0.377 e. The summed E-state index contributed by atoms with van der Waals surface area (Å²) in [6, 6.07) is 7.70. The number of rotatable bonds is 6. The summed E-state index contributed by atoms with van der Waals surface area (Å²) in [7, 11) is -3.96. The molecule has 1 aliphatic rings. The Hall–Kier alpha value is -0.800. The second-order valence-electron chi connectivity index (χ2n) is 5.59. The Morgan fingerprint density at radius 2 is 2.21 bits per heavy atom. The zero-order chi connectivity index (χ0) is 17.2. The lowest BCUT2D eigenvalue weighted by molar-refractivity contribution is 0.0927. The molecular weight excluding hydrogens is 417 g/mol. The third kappa shape index (κ3) is 4.05. The van der Waals surface area contributed by atoms with Gasteiger partial charge in [0.15, 0.2) is 0 Å². The van der Waals surface area contributed by atoms with E-state index in [1.165, 1.54) is 27.8 Å². The molecule has 1 saturated heterocycles. The first-order valence-electron chi connectivity index (χ1n) is 7.56. The second-order valence-corrected chi connectivity index (χ2v) is 9.44. The highest BCUT2D eigenvalue weighted by Crippen LogP contribution is 2.27. The molecule has 1 aromatic carbocycles. The van der Waals surface area contributed by atoms with Crippen LogP contribution in [0.2, 0.25) is 0 Å². The molecular formula is C16H17BrFNO3S2. The summed E-state index contributed by atoms with van der Waals surface area (Å²) in [4.78, 5) is 0.596. The lowest BCUT2D eigenvalue weighted by Crippen LogP contribution is -2.37. The predicted octanol–water partition coefficient (Wildman–Crippen LogP) is 4.02. The Labute approximate surface area is 153 Å². The van der Waals surface area contributed by atoms with Crippen LogP contribution < -0.4 is 0 Å². The van der Waals surface area contributed by atoms with E-state index in [0.29, 0.717) is 11.1 Å². The Balaban J connectivity index is 1.94. The molecule has 3 rings (SSSR count). The Morgan fingerprint density at radius 1 is 1.38 bits per heavy atom. The molecule has 130 valence electrons. The van der Waals surface area contributed by atoms with Crippen molar-refractivity contribution < 1.29 is 17.5 Å². The highest BCUT2D eigenvalue weighted by atomic mass is 79.9. The molecule has 1 aromatic heterocycles. The minimum absolute atomic E-state index is 0.144. The van der Waals surface area contributed by atoms with Crippen LogP contribution in [0.1, 0.15) is 17.7 Å². The fourth-order valence-electron chi connectivity index (χ4n) is 2.65. The van der Waals surface area contributed by atoms with Gasteiger partial charge in [0, 0.05) is 29.0 Å². The third-order valence-electron chi connectivity index (χ3n) is 3.85. The number of nitrogens with zero attached hydrogens (tertiary/aromatic N) is 1. The zero-order valence-electron chi connectivity index (χ0n) is 12.8. The molecule has 0 amide bonds. The Kier molecular flexibility index (Phi) is 5.71. The van der Waals surface area contributed by atoms with Crippen molar-refractivity contribution in [1.82, 2.24) is 4.31 Å². The van der Waals surface area contributed by atoms with E-state index >= 15 is 0 Å². The summed E-state index contributed by atoms with van der Waals surface area (Å²) < 4.78 is 47.7. The summed E-state index contributed by atoms with van der Waals surface area (Å²) in [5, 5.41) is 1.89. The molecule has 1 aliphatic heterocycles. The van der Waals surface area contributed by atoms with Crippen LogP contribution in [0.25, 0.3) is 0 Å². The van der Waals surface area contributed by atoms with Crippen LogP contribution in [-0.2, 0) is 21.3 Å². The maximum atomic E-state index is 14.2. The Morgan fingerprint density at radius 3 is 2.88 bits per heavy atom. The smallest absolute Gasteiger partial charge is 0.246 e. The van der Waals surface area contributed by atoms with E-state index in [1.54, 1.807) is 0 Å². The van der Waals surface area contributed by atoms with Gasteiger partial charge in [-0.25, -0.2) is 12.8 Å². The molecule has 0 radical (unpaired) electrons. The summed E-state index contributed by atoms with van der Waals surface area (Å²) in [5.74, 6) is -0.748. The summed E-state index contributed by atoms with van der Waals surface area (Å²) in [5.41, 5.74) is 0. The molecule has 8 heteroatoms. The summed E-state index contributed by atoms with van der Waals surface area (Å²) in [6.45, 7) is 1.08. The predicted molar refractivity (Wildman–Crippen MR) is 95.0 cm³/mol. The van der Waals surface area contributed by atoms with Gasteiger partial charge in [0.1, 0.15) is 10.7 Å². The topological polar surface area (TPSA) is 46.6 Å². The molecule has 1 fully saturated rings. The fourth-order valence-corrected chi connectivity index (χ4v) is 5.51. The highest BCUT2D eigenvalue weighted by Gasteiger charge is 2.31. The SMILES string of the molecule is O=S(=O)(c1cc(Br)ccc1F)N(Cc1cccs1)CC1CCCO1. The monoisotopic (exact) mass is 433 g/mol. The van der Waals surface area contributed by atoms with Crippen LogP contribution >= 0.6 is 27.3 Å². The molecule has 0 spiro atoms. The zero-order valence-corrected chi connectivity index (χ0v) is 16.0. The maximum Gasteiger partial charge on any atom is 0.246 e. The minimum Gasteiger partial charge on any atom is -0.377 e. The van der Waals surface area contributed by atoms with Crippen LogP contribution in [0.5, 0.6) is 0 Å². The molecule has 1 atom stereocenters. The van der Waals surface area contributed by atoms with E-state index in [0.717, 1.165) is 23.8 Å². The van der Waals surface area contributed by atoms with Crippen molar-refractivity contribution in [2.75, 3.05) is 13.2 Å². The number of hydrogen-bond acceptors (Lipinski definition) is 4. The van der Waals surface area contributed by atoms with Gasteiger partial charge < -0.3 is 4.74 Å². The van der Waals surface area contributed by atoms with Crippen molar-refractivity contribution in [1.29, 1.82) is 0 Å². The molecule has 0 saturated carbocycles. The van der Waals surface area contributed by atoms with Gasteiger partial charge in [0.2, 0.25) is 10.0 Å². The second kappa shape index (κ2) is 7.61. The number of benzene rings is 1. The van der Waals surface area contributed by atoms with Gasteiger partial charge in [0.25, 0.3) is 0 Å². The lowest BCUT2D eigenvalue weighted by atomic mass is 10.2. The fraction of sp³-hybridized carbons (Fsp3) is 0.375.